The fourth-order valence-electron chi connectivity index (χ4n) is 2.79. The predicted molar refractivity (Wildman–Crippen MR) is 101 cm³/mol. The van der Waals surface area contributed by atoms with Gasteiger partial charge in [-0.25, -0.2) is 8.42 Å². The Morgan fingerprint density at radius 2 is 2.11 bits per heavy atom. The standard InChI is InChI=1S/C17H24N2O6S2/c1-12(2)9-19(13-5-7-27(23,24)11-13)15(20)10-25-16(21)8-18-17(22)14-4-3-6-26-14/h3-4,6,12-13H,5,7-11H2,1-2H3,(H,18,22)/t13-/m1/s1. The SMILES string of the molecule is CC(C)CN(C(=O)COC(=O)CNC(=O)c1cccs1)[C@@H]1CCS(=O)(=O)C1. The van der Waals surface area contributed by atoms with E-state index in [2.05, 4.69) is 5.32 Å². The van der Waals surface area contributed by atoms with Gasteiger partial charge in [-0.2, -0.15) is 0 Å². The number of carbonyl (C=O) groups is 3. The number of sulfone groups is 1. The van der Waals surface area contributed by atoms with Gasteiger partial charge in [-0.05, 0) is 23.8 Å². The van der Waals surface area contributed by atoms with E-state index in [1.54, 1.807) is 17.5 Å². The first-order valence-corrected chi connectivity index (χ1v) is 11.4. The summed E-state index contributed by atoms with van der Waals surface area (Å²) in [6.07, 6.45) is 0.394. The number of nitrogens with one attached hydrogen (secondary N) is 1. The molecule has 1 fully saturated rings. The predicted octanol–water partition coefficient (Wildman–Crippen LogP) is 0.693. The fraction of sp³-hybridized carbons (Fsp3) is 0.588. The van der Waals surface area contributed by atoms with Crippen molar-refractivity contribution < 1.29 is 27.5 Å². The quantitative estimate of drug-likeness (QED) is 0.625. The molecule has 0 spiro atoms. The summed E-state index contributed by atoms with van der Waals surface area (Å²) in [6, 6.07) is 2.97. The van der Waals surface area contributed by atoms with Gasteiger partial charge in [-0.1, -0.05) is 19.9 Å². The van der Waals surface area contributed by atoms with Gasteiger partial charge in [0.1, 0.15) is 6.54 Å². The zero-order valence-corrected chi connectivity index (χ0v) is 17.0. The molecule has 2 amide bonds. The lowest BCUT2D eigenvalue weighted by molar-refractivity contribution is -0.152. The maximum Gasteiger partial charge on any atom is 0.325 e. The molecule has 27 heavy (non-hydrogen) atoms. The van der Waals surface area contributed by atoms with E-state index in [1.165, 1.54) is 16.2 Å². The number of hydrogen-bond acceptors (Lipinski definition) is 7. The lowest BCUT2D eigenvalue weighted by Gasteiger charge is -2.29. The van der Waals surface area contributed by atoms with Gasteiger partial charge in [0.05, 0.1) is 16.4 Å². The second-order valence-electron chi connectivity index (χ2n) is 6.82. The highest BCUT2D eigenvalue weighted by atomic mass is 32.2. The zero-order chi connectivity index (χ0) is 20.0. The van der Waals surface area contributed by atoms with Crippen LogP contribution in [-0.4, -0.2) is 68.3 Å². The van der Waals surface area contributed by atoms with Crippen molar-refractivity contribution in [1.29, 1.82) is 0 Å². The number of hydrogen-bond donors (Lipinski definition) is 1. The Hall–Kier alpha value is -1.94. The van der Waals surface area contributed by atoms with Crippen molar-refractivity contribution in [2.24, 2.45) is 5.92 Å². The van der Waals surface area contributed by atoms with Gasteiger partial charge >= 0.3 is 5.97 Å². The van der Waals surface area contributed by atoms with Gasteiger partial charge in [0.25, 0.3) is 11.8 Å². The van der Waals surface area contributed by atoms with Gasteiger partial charge in [0, 0.05) is 12.6 Å². The Morgan fingerprint density at radius 3 is 2.67 bits per heavy atom. The molecule has 1 aliphatic heterocycles. The second kappa shape index (κ2) is 9.32. The summed E-state index contributed by atoms with van der Waals surface area (Å²) in [6.45, 7) is 3.43. The normalized spacial score (nSPS) is 18.3. The van der Waals surface area contributed by atoms with Crippen LogP contribution < -0.4 is 5.32 Å². The van der Waals surface area contributed by atoms with Gasteiger partial charge in [0.2, 0.25) is 0 Å². The van der Waals surface area contributed by atoms with Crippen molar-refractivity contribution in [1.82, 2.24) is 10.2 Å². The summed E-state index contributed by atoms with van der Waals surface area (Å²) in [5.74, 6) is -1.38. The van der Waals surface area contributed by atoms with E-state index < -0.39 is 28.3 Å². The van der Waals surface area contributed by atoms with Crippen molar-refractivity contribution in [3.05, 3.63) is 22.4 Å². The number of nitrogens with zero attached hydrogens (tertiary/aromatic N) is 1. The second-order valence-corrected chi connectivity index (χ2v) is 9.99. The van der Waals surface area contributed by atoms with E-state index in [-0.39, 0.29) is 35.9 Å². The molecule has 10 heteroatoms. The molecule has 1 aliphatic rings. The van der Waals surface area contributed by atoms with Crippen molar-refractivity contribution in [3.63, 3.8) is 0 Å². The number of thiophene rings is 1. The maximum absolute atomic E-state index is 12.5. The van der Waals surface area contributed by atoms with E-state index in [4.69, 9.17) is 4.74 Å². The minimum absolute atomic E-state index is 0.0592. The number of amides is 2. The van der Waals surface area contributed by atoms with Crippen LogP contribution >= 0.6 is 11.3 Å². The molecule has 1 aromatic heterocycles. The van der Waals surface area contributed by atoms with E-state index in [1.807, 2.05) is 13.8 Å². The Morgan fingerprint density at radius 1 is 1.37 bits per heavy atom. The number of ether oxygens (including phenoxy) is 1. The summed E-state index contributed by atoms with van der Waals surface area (Å²) in [5, 5.41) is 4.18. The van der Waals surface area contributed by atoms with Crippen molar-refractivity contribution >= 4 is 39.0 Å². The molecule has 0 saturated carbocycles. The van der Waals surface area contributed by atoms with Crippen LogP contribution in [0.1, 0.15) is 29.9 Å². The highest BCUT2D eigenvalue weighted by Gasteiger charge is 2.35. The molecule has 0 unspecified atom stereocenters. The summed E-state index contributed by atoms with van der Waals surface area (Å²) in [4.78, 5) is 38.0. The Bertz CT molecular complexity index is 773. The largest absolute Gasteiger partial charge is 0.454 e. The smallest absolute Gasteiger partial charge is 0.325 e. The maximum atomic E-state index is 12.5. The molecular weight excluding hydrogens is 392 g/mol. The van der Waals surface area contributed by atoms with Crippen molar-refractivity contribution in [3.8, 4) is 0 Å². The van der Waals surface area contributed by atoms with Crippen LogP contribution in [0.2, 0.25) is 0 Å². The minimum atomic E-state index is -3.13. The highest BCUT2D eigenvalue weighted by molar-refractivity contribution is 7.91. The fourth-order valence-corrected chi connectivity index (χ4v) is 5.16. The lowest BCUT2D eigenvalue weighted by atomic mass is 10.1. The van der Waals surface area contributed by atoms with Gasteiger partial charge < -0.3 is 15.0 Å². The van der Waals surface area contributed by atoms with Crippen LogP contribution in [-0.2, 0) is 24.2 Å². The van der Waals surface area contributed by atoms with E-state index >= 15 is 0 Å². The van der Waals surface area contributed by atoms with Crippen LogP contribution in [0.3, 0.4) is 0 Å². The molecule has 8 nitrogen and oxygen atoms in total. The Labute approximate surface area is 162 Å². The van der Waals surface area contributed by atoms with E-state index in [9.17, 15) is 22.8 Å². The number of esters is 1. The first-order valence-electron chi connectivity index (χ1n) is 8.65. The summed E-state index contributed by atoms with van der Waals surface area (Å²) >= 11 is 1.25. The highest BCUT2D eigenvalue weighted by Crippen LogP contribution is 2.19. The van der Waals surface area contributed by atoms with E-state index in [0.717, 1.165) is 0 Å². The summed E-state index contributed by atoms with van der Waals surface area (Å²) in [7, 11) is -3.13. The molecule has 1 atom stereocenters. The minimum Gasteiger partial charge on any atom is -0.454 e. The summed E-state index contributed by atoms with van der Waals surface area (Å²) < 4.78 is 28.4. The molecule has 0 bridgehead atoms. The number of carbonyl (C=O) groups excluding carboxylic acids is 3. The first-order chi connectivity index (χ1) is 12.7. The topological polar surface area (TPSA) is 110 Å². The lowest BCUT2D eigenvalue weighted by Crippen LogP contribution is -2.45. The molecular formula is C17H24N2O6S2. The molecule has 2 rings (SSSR count). The molecule has 150 valence electrons. The van der Waals surface area contributed by atoms with Crippen LogP contribution in [0, 0.1) is 5.92 Å². The molecule has 1 aromatic rings. The molecule has 0 aliphatic carbocycles. The average Bonchev–Trinajstić information content (AvgIpc) is 3.24. The van der Waals surface area contributed by atoms with Crippen LogP contribution in [0.15, 0.2) is 17.5 Å². The monoisotopic (exact) mass is 416 g/mol. The first kappa shape index (κ1) is 21.4. The van der Waals surface area contributed by atoms with Gasteiger partial charge in [-0.15, -0.1) is 11.3 Å². The third-order valence-electron chi connectivity index (χ3n) is 4.03. The van der Waals surface area contributed by atoms with Crippen molar-refractivity contribution in [2.75, 3.05) is 31.2 Å². The van der Waals surface area contributed by atoms with Crippen LogP contribution in [0.25, 0.3) is 0 Å². The Kier molecular flexibility index (Phi) is 7.37. The molecule has 0 radical (unpaired) electrons. The molecule has 2 heterocycles. The van der Waals surface area contributed by atoms with Crippen LogP contribution in [0.5, 0.6) is 0 Å². The third kappa shape index (κ3) is 6.62. The van der Waals surface area contributed by atoms with Crippen LogP contribution in [0.4, 0.5) is 0 Å². The van der Waals surface area contributed by atoms with Gasteiger partial charge in [-0.3, -0.25) is 14.4 Å². The average molecular weight is 417 g/mol. The Balaban J connectivity index is 1.83. The summed E-state index contributed by atoms with van der Waals surface area (Å²) in [5.41, 5.74) is 0. The molecule has 1 N–H and O–H groups in total. The number of rotatable bonds is 8. The van der Waals surface area contributed by atoms with Gasteiger partial charge in [0.15, 0.2) is 16.4 Å². The van der Waals surface area contributed by atoms with Crippen molar-refractivity contribution in [2.45, 2.75) is 26.3 Å². The molecule has 0 aromatic carbocycles. The van der Waals surface area contributed by atoms with E-state index in [0.29, 0.717) is 17.8 Å². The molecule has 1 saturated heterocycles. The zero-order valence-electron chi connectivity index (χ0n) is 15.3. The third-order valence-corrected chi connectivity index (χ3v) is 6.65.